The Morgan fingerprint density at radius 3 is 2.04 bits per heavy atom. The van der Waals surface area contributed by atoms with E-state index in [0.717, 1.165) is 30.9 Å². The van der Waals surface area contributed by atoms with Crippen LogP contribution in [0.15, 0.2) is 42.5 Å². The van der Waals surface area contributed by atoms with Gasteiger partial charge in [-0.05, 0) is 19.9 Å². The Morgan fingerprint density at radius 2 is 1.52 bits per heavy atom. The summed E-state index contributed by atoms with van der Waals surface area (Å²) in [6.07, 6.45) is -1.11. The number of nitro benzene ring substituents is 1. The summed E-state index contributed by atoms with van der Waals surface area (Å²) in [4.78, 5) is 46.6. The van der Waals surface area contributed by atoms with Crippen LogP contribution in [0.2, 0.25) is 0 Å². The van der Waals surface area contributed by atoms with Crippen LogP contribution in [0.25, 0.3) is 0 Å². The van der Waals surface area contributed by atoms with Crippen LogP contribution in [0.3, 0.4) is 0 Å². The van der Waals surface area contributed by atoms with Gasteiger partial charge in [0.2, 0.25) is 5.78 Å². The molecule has 2 aromatic rings. The lowest BCUT2D eigenvalue weighted by atomic mass is 10.1. The molecular weight excluding hydrogens is 354 g/mol. The molecule has 0 aliphatic heterocycles. The molecule has 0 bridgehead atoms. The highest BCUT2D eigenvalue weighted by molar-refractivity contribution is 6.02. The Bertz CT molecular complexity index is 903. The summed E-state index contributed by atoms with van der Waals surface area (Å²) in [5.74, 6) is -2.21. The first kappa shape index (κ1) is 19.8. The minimum Gasteiger partial charge on any atom is -0.465 e. The van der Waals surface area contributed by atoms with Gasteiger partial charge in [-0.2, -0.15) is 0 Å². The summed E-state index contributed by atoms with van der Waals surface area (Å²) < 4.78 is 9.65. The number of hydrogen-bond acceptors (Lipinski definition) is 7. The van der Waals surface area contributed by atoms with Crippen molar-refractivity contribution in [2.75, 3.05) is 7.11 Å². The van der Waals surface area contributed by atoms with Gasteiger partial charge in [-0.25, -0.2) is 9.59 Å². The molecule has 0 heterocycles. The zero-order valence-electron chi connectivity index (χ0n) is 14.9. The molecule has 1 unspecified atom stereocenters. The van der Waals surface area contributed by atoms with E-state index in [4.69, 9.17) is 4.74 Å². The number of carbonyl (C=O) groups is 3. The molecule has 2 rings (SSSR count). The van der Waals surface area contributed by atoms with E-state index in [1.807, 2.05) is 6.92 Å². The fourth-order valence-corrected chi connectivity index (χ4v) is 2.30. The number of methoxy groups -OCH3 is 1. The molecule has 0 radical (unpaired) electrons. The van der Waals surface area contributed by atoms with Crippen molar-refractivity contribution in [3.8, 4) is 0 Å². The minimum atomic E-state index is -1.11. The van der Waals surface area contributed by atoms with Gasteiger partial charge in [0, 0.05) is 17.7 Å². The summed E-state index contributed by atoms with van der Waals surface area (Å²) in [7, 11) is 1.11. The summed E-state index contributed by atoms with van der Waals surface area (Å²) in [6, 6.07) is 9.82. The van der Waals surface area contributed by atoms with Gasteiger partial charge in [0.1, 0.15) is 0 Å². The number of nitro groups is 1. The third kappa shape index (κ3) is 4.75. The van der Waals surface area contributed by atoms with Gasteiger partial charge in [0.05, 0.1) is 23.2 Å². The minimum absolute atomic E-state index is 0.170. The second kappa shape index (κ2) is 8.22. The molecule has 27 heavy (non-hydrogen) atoms. The Hall–Kier alpha value is -3.55. The summed E-state index contributed by atoms with van der Waals surface area (Å²) in [5.41, 5.74) is 0.477. The molecule has 2 aromatic carbocycles. The first-order chi connectivity index (χ1) is 12.7. The number of rotatable bonds is 6. The summed E-state index contributed by atoms with van der Waals surface area (Å²) >= 11 is 0. The number of ether oxygens (including phenoxy) is 2. The maximum Gasteiger partial charge on any atom is 0.339 e. The van der Waals surface area contributed by atoms with Gasteiger partial charge >= 0.3 is 11.9 Å². The second-order valence-electron chi connectivity index (χ2n) is 5.80. The zero-order chi connectivity index (χ0) is 20.1. The van der Waals surface area contributed by atoms with Gasteiger partial charge in [-0.15, -0.1) is 0 Å². The standard InChI is InChI=1S/C19H17NO7/c1-11-4-6-13(7-5-11)17(21)12(2)27-19(23)15-8-14(18(22)26-3)9-16(10-15)20(24)25/h4-10,12H,1-3H3. The molecule has 0 amide bonds. The molecule has 0 aliphatic rings. The third-order valence-corrected chi connectivity index (χ3v) is 3.77. The van der Waals surface area contributed by atoms with E-state index in [-0.39, 0.29) is 11.1 Å². The van der Waals surface area contributed by atoms with E-state index >= 15 is 0 Å². The molecule has 8 heteroatoms. The Morgan fingerprint density at radius 1 is 0.963 bits per heavy atom. The van der Waals surface area contributed by atoms with Gasteiger partial charge in [0.25, 0.3) is 5.69 Å². The lowest BCUT2D eigenvalue weighted by molar-refractivity contribution is -0.384. The van der Waals surface area contributed by atoms with E-state index in [9.17, 15) is 24.5 Å². The van der Waals surface area contributed by atoms with Crippen molar-refractivity contribution in [2.24, 2.45) is 0 Å². The van der Waals surface area contributed by atoms with Gasteiger partial charge in [-0.3, -0.25) is 14.9 Å². The Balaban J connectivity index is 2.24. The molecule has 0 spiro atoms. The van der Waals surface area contributed by atoms with Crippen molar-refractivity contribution < 1.29 is 28.8 Å². The highest BCUT2D eigenvalue weighted by Gasteiger charge is 2.23. The molecule has 0 aromatic heterocycles. The van der Waals surface area contributed by atoms with E-state index in [0.29, 0.717) is 5.56 Å². The predicted octanol–water partition coefficient (Wildman–Crippen LogP) is 3.12. The monoisotopic (exact) mass is 371 g/mol. The average Bonchev–Trinajstić information content (AvgIpc) is 2.66. The van der Waals surface area contributed by atoms with Gasteiger partial charge < -0.3 is 9.47 Å². The first-order valence-electron chi connectivity index (χ1n) is 7.92. The van der Waals surface area contributed by atoms with Crippen LogP contribution in [-0.4, -0.2) is 35.9 Å². The largest absolute Gasteiger partial charge is 0.465 e. The normalized spacial score (nSPS) is 11.4. The van der Waals surface area contributed by atoms with Crippen LogP contribution in [0.5, 0.6) is 0 Å². The van der Waals surface area contributed by atoms with E-state index in [1.54, 1.807) is 24.3 Å². The van der Waals surface area contributed by atoms with Crippen molar-refractivity contribution >= 4 is 23.4 Å². The van der Waals surface area contributed by atoms with Crippen LogP contribution in [0.4, 0.5) is 5.69 Å². The lowest BCUT2D eigenvalue weighted by Gasteiger charge is -2.13. The number of hydrogen-bond donors (Lipinski definition) is 0. The number of benzene rings is 2. The number of carbonyl (C=O) groups excluding carboxylic acids is 3. The maximum atomic E-state index is 12.4. The Kier molecular flexibility index (Phi) is 6.02. The first-order valence-corrected chi connectivity index (χ1v) is 7.92. The van der Waals surface area contributed by atoms with Crippen LogP contribution in [-0.2, 0) is 9.47 Å². The molecule has 0 aliphatic carbocycles. The number of ketones is 1. The van der Waals surface area contributed by atoms with E-state index < -0.39 is 34.4 Å². The van der Waals surface area contributed by atoms with E-state index in [1.165, 1.54) is 6.92 Å². The van der Waals surface area contributed by atoms with Crippen LogP contribution in [0.1, 0.15) is 43.6 Å². The van der Waals surface area contributed by atoms with Gasteiger partial charge in [0.15, 0.2) is 6.10 Å². The molecule has 140 valence electrons. The van der Waals surface area contributed by atoms with Crippen molar-refractivity contribution in [2.45, 2.75) is 20.0 Å². The average molecular weight is 371 g/mol. The smallest absolute Gasteiger partial charge is 0.339 e. The van der Waals surface area contributed by atoms with Crippen LogP contribution in [0, 0.1) is 17.0 Å². The van der Waals surface area contributed by atoms with E-state index in [2.05, 4.69) is 4.74 Å². The summed E-state index contributed by atoms with van der Waals surface area (Å²) in [6.45, 7) is 3.28. The second-order valence-corrected chi connectivity index (χ2v) is 5.80. The molecule has 0 saturated heterocycles. The van der Waals surface area contributed by atoms with Crippen molar-refractivity contribution in [3.05, 3.63) is 74.8 Å². The number of non-ortho nitro benzene ring substituents is 1. The number of esters is 2. The predicted molar refractivity (Wildman–Crippen MR) is 94.8 cm³/mol. The van der Waals surface area contributed by atoms with Crippen molar-refractivity contribution in [1.29, 1.82) is 0 Å². The van der Waals surface area contributed by atoms with Crippen LogP contribution >= 0.6 is 0 Å². The van der Waals surface area contributed by atoms with Crippen molar-refractivity contribution in [1.82, 2.24) is 0 Å². The Labute approximate surface area is 154 Å². The number of Topliss-reactive ketones (excluding diaryl/α,β-unsaturated/α-hetero) is 1. The highest BCUT2D eigenvalue weighted by atomic mass is 16.6. The third-order valence-electron chi connectivity index (χ3n) is 3.77. The molecule has 1 atom stereocenters. The number of nitrogens with zero attached hydrogens (tertiary/aromatic N) is 1. The maximum absolute atomic E-state index is 12.4. The fourth-order valence-electron chi connectivity index (χ4n) is 2.30. The molecule has 0 N–H and O–H groups in total. The summed E-state index contributed by atoms with van der Waals surface area (Å²) in [5, 5.41) is 11.0. The van der Waals surface area contributed by atoms with Gasteiger partial charge in [-0.1, -0.05) is 29.8 Å². The quantitative estimate of drug-likeness (QED) is 0.332. The van der Waals surface area contributed by atoms with Crippen LogP contribution < -0.4 is 0 Å². The molecule has 0 saturated carbocycles. The number of aryl methyl sites for hydroxylation is 1. The molecule has 8 nitrogen and oxygen atoms in total. The molecule has 0 fully saturated rings. The molecular formula is C19H17NO7. The highest BCUT2D eigenvalue weighted by Crippen LogP contribution is 2.20. The SMILES string of the molecule is COC(=O)c1cc(C(=O)OC(C)C(=O)c2ccc(C)cc2)cc([N+](=O)[O-])c1. The zero-order valence-corrected chi connectivity index (χ0v) is 14.9. The fraction of sp³-hybridized carbons (Fsp3) is 0.211. The van der Waals surface area contributed by atoms with Crippen molar-refractivity contribution in [3.63, 3.8) is 0 Å². The lowest BCUT2D eigenvalue weighted by Crippen LogP contribution is -2.24. The topological polar surface area (TPSA) is 113 Å².